The van der Waals surface area contributed by atoms with E-state index in [2.05, 4.69) is 5.32 Å². The lowest BCUT2D eigenvalue weighted by Gasteiger charge is -2.13. The van der Waals surface area contributed by atoms with Gasteiger partial charge in [-0.1, -0.05) is 18.2 Å². The molecule has 0 spiro atoms. The Labute approximate surface area is 180 Å². The maximum atomic E-state index is 13.2. The molecule has 0 saturated carbocycles. The molecule has 2 aromatic heterocycles. The Hall–Kier alpha value is -3.85. The van der Waals surface area contributed by atoms with Crippen LogP contribution in [-0.4, -0.2) is 29.3 Å². The fraction of sp³-hybridized carbons (Fsp3) is 0.136. The van der Waals surface area contributed by atoms with Gasteiger partial charge < -0.3 is 14.8 Å². The molecule has 8 nitrogen and oxygen atoms in total. The second kappa shape index (κ2) is 8.49. The van der Waals surface area contributed by atoms with E-state index in [0.717, 1.165) is 4.57 Å². The second-order valence-electron chi connectivity index (χ2n) is 6.63. The molecule has 0 aliphatic rings. The molecule has 2 aromatic carbocycles. The van der Waals surface area contributed by atoms with E-state index in [1.807, 2.05) is 0 Å². The van der Waals surface area contributed by atoms with Gasteiger partial charge in [-0.05, 0) is 23.6 Å². The van der Waals surface area contributed by atoms with Crippen molar-refractivity contribution in [3.63, 3.8) is 0 Å². The summed E-state index contributed by atoms with van der Waals surface area (Å²) in [6.45, 7) is -0.265. The van der Waals surface area contributed by atoms with Crippen molar-refractivity contribution in [3.8, 4) is 17.2 Å². The number of hydrogen-bond donors (Lipinski definition) is 1. The zero-order valence-corrected chi connectivity index (χ0v) is 17.6. The summed E-state index contributed by atoms with van der Waals surface area (Å²) in [5.41, 5.74) is 0.341. The van der Waals surface area contributed by atoms with Crippen LogP contribution in [0.5, 0.6) is 11.5 Å². The molecule has 4 rings (SSSR count). The van der Waals surface area contributed by atoms with Crippen LogP contribution < -0.4 is 26.0 Å². The Morgan fingerprint density at radius 1 is 1.00 bits per heavy atom. The van der Waals surface area contributed by atoms with E-state index in [0.29, 0.717) is 33.1 Å². The highest BCUT2D eigenvalue weighted by molar-refractivity contribution is 7.17. The number of rotatable bonds is 6. The first kappa shape index (κ1) is 20.4. The van der Waals surface area contributed by atoms with Gasteiger partial charge in [0.2, 0.25) is 5.91 Å². The molecule has 0 saturated heterocycles. The number of amides is 1. The number of nitrogens with one attached hydrogen (secondary N) is 1. The van der Waals surface area contributed by atoms with Crippen LogP contribution in [0.1, 0.15) is 0 Å². The molecule has 0 radical (unpaired) electrons. The number of methoxy groups -OCH3 is 2. The lowest BCUT2D eigenvalue weighted by molar-refractivity contribution is -0.116. The van der Waals surface area contributed by atoms with Crippen LogP contribution in [0.25, 0.3) is 15.9 Å². The van der Waals surface area contributed by atoms with Crippen molar-refractivity contribution in [3.05, 3.63) is 80.8 Å². The van der Waals surface area contributed by atoms with Gasteiger partial charge in [-0.3, -0.25) is 14.2 Å². The summed E-state index contributed by atoms with van der Waals surface area (Å²) in [4.78, 5) is 38.9. The fourth-order valence-corrected chi connectivity index (χ4v) is 4.09. The number of aromatic nitrogens is 2. The highest BCUT2D eigenvalue weighted by Gasteiger charge is 2.17. The zero-order chi connectivity index (χ0) is 22.0. The quantitative estimate of drug-likeness (QED) is 0.501. The molecule has 2 heterocycles. The molecule has 0 aliphatic heterocycles. The van der Waals surface area contributed by atoms with E-state index in [1.165, 1.54) is 30.1 Å². The predicted molar refractivity (Wildman–Crippen MR) is 120 cm³/mol. The molecule has 0 atom stereocenters. The normalized spacial score (nSPS) is 10.8. The molecule has 31 heavy (non-hydrogen) atoms. The average Bonchev–Trinajstić information content (AvgIpc) is 3.27. The second-order valence-corrected chi connectivity index (χ2v) is 7.55. The van der Waals surface area contributed by atoms with Crippen LogP contribution in [0.3, 0.4) is 0 Å². The van der Waals surface area contributed by atoms with E-state index < -0.39 is 17.2 Å². The van der Waals surface area contributed by atoms with Gasteiger partial charge in [0, 0.05) is 23.9 Å². The third-order valence-electron chi connectivity index (χ3n) is 4.71. The minimum Gasteiger partial charge on any atom is -0.497 e. The topological polar surface area (TPSA) is 91.6 Å². The van der Waals surface area contributed by atoms with Crippen molar-refractivity contribution in [2.45, 2.75) is 6.54 Å². The summed E-state index contributed by atoms with van der Waals surface area (Å²) in [5.74, 6) is 0.609. The van der Waals surface area contributed by atoms with Gasteiger partial charge in [0.1, 0.15) is 22.7 Å². The number of nitrogens with zero attached hydrogens (tertiary/aromatic N) is 2. The minimum absolute atomic E-state index is 0.265. The first-order chi connectivity index (χ1) is 15.0. The van der Waals surface area contributed by atoms with E-state index in [1.54, 1.807) is 60.0 Å². The van der Waals surface area contributed by atoms with Crippen molar-refractivity contribution in [1.29, 1.82) is 0 Å². The van der Waals surface area contributed by atoms with Gasteiger partial charge in [0.05, 0.1) is 25.4 Å². The third kappa shape index (κ3) is 3.95. The monoisotopic (exact) mass is 437 g/mol. The van der Waals surface area contributed by atoms with Crippen LogP contribution in [0.2, 0.25) is 0 Å². The third-order valence-corrected chi connectivity index (χ3v) is 5.60. The lowest BCUT2D eigenvalue weighted by Crippen LogP contribution is -2.40. The van der Waals surface area contributed by atoms with Crippen LogP contribution in [-0.2, 0) is 11.3 Å². The zero-order valence-electron chi connectivity index (χ0n) is 16.8. The van der Waals surface area contributed by atoms with Crippen LogP contribution >= 0.6 is 11.3 Å². The molecule has 158 valence electrons. The molecular formula is C22H19N3O5S. The molecule has 0 unspecified atom stereocenters. The van der Waals surface area contributed by atoms with Crippen molar-refractivity contribution in [1.82, 2.24) is 9.13 Å². The SMILES string of the molecule is COc1cc(NC(=O)Cn2c(=O)n(-c3ccccc3)c(=O)c3sccc32)cc(OC)c1. The number of hydrogen-bond acceptors (Lipinski definition) is 6. The summed E-state index contributed by atoms with van der Waals surface area (Å²) in [6, 6.07) is 15.3. The number of benzene rings is 2. The molecular weight excluding hydrogens is 418 g/mol. The number of anilines is 1. The summed E-state index contributed by atoms with van der Waals surface area (Å²) in [5, 5.41) is 4.48. The maximum Gasteiger partial charge on any atom is 0.336 e. The first-order valence-electron chi connectivity index (χ1n) is 9.33. The Bertz CT molecular complexity index is 1350. The van der Waals surface area contributed by atoms with Crippen molar-refractivity contribution >= 4 is 33.1 Å². The summed E-state index contributed by atoms with van der Waals surface area (Å²) in [7, 11) is 3.03. The van der Waals surface area contributed by atoms with Crippen LogP contribution in [0.15, 0.2) is 69.6 Å². The van der Waals surface area contributed by atoms with Crippen molar-refractivity contribution < 1.29 is 14.3 Å². The van der Waals surface area contributed by atoms with Crippen molar-refractivity contribution in [2.75, 3.05) is 19.5 Å². The first-order valence-corrected chi connectivity index (χ1v) is 10.2. The average molecular weight is 437 g/mol. The number of carbonyl (C=O) groups is 1. The fourth-order valence-electron chi connectivity index (χ4n) is 3.27. The Balaban J connectivity index is 1.74. The Kier molecular flexibility index (Phi) is 5.59. The van der Waals surface area contributed by atoms with Gasteiger partial charge in [0.25, 0.3) is 5.56 Å². The molecule has 4 aromatic rings. The van der Waals surface area contributed by atoms with E-state index >= 15 is 0 Å². The summed E-state index contributed by atoms with van der Waals surface area (Å²) < 4.78 is 13.2. The number of ether oxygens (including phenoxy) is 2. The Morgan fingerprint density at radius 3 is 2.32 bits per heavy atom. The molecule has 0 aliphatic carbocycles. The van der Waals surface area contributed by atoms with E-state index in [4.69, 9.17) is 9.47 Å². The van der Waals surface area contributed by atoms with Gasteiger partial charge in [-0.2, -0.15) is 0 Å². The molecule has 9 heteroatoms. The minimum atomic E-state index is -0.583. The molecule has 1 N–H and O–H groups in total. The number of fused-ring (bicyclic) bond motifs is 1. The highest BCUT2D eigenvalue weighted by Crippen LogP contribution is 2.26. The number of carbonyl (C=O) groups excluding carboxylic acids is 1. The lowest BCUT2D eigenvalue weighted by atomic mass is 10.2. The standard InChI is InChI=1S/C22H19N3O5S/c1-29-16-10-14(11-17(12-16)30-2)23-19(26)13-24-18-8-9-31-20(18)21(27)25(22(24)28)15-6-4-3-5-7-15/h3-12H,13H2,1-2H3,(H,23,26). The number of para-hydroxylation sites is 1. The maximum absolute atomic E-state index is 13.2. The van der Waals surface area contributed by atoms with E-state index in [9.17, 15) is 14.4 Å². The predicted octanol–water partition coefficient (Wildman–Crippen LogP) is 2.87. The smallest absolute Gasteiger partial charge is 0.336 e. The van der Waals surface area contributed by atoms with Crippen LogP contribution in [0.4, 0.5) is 5.69 Å². The summed E-state index contributed by atoms with van der Waals surface area (Å²) >= 11 is 1.23. The van der Waals surface area contributed by atoms with Crippen molar-refractivity contribution in [2.24, 2.45) is 0 Å². The van der Waals surface area contributed by atoms with Gasteiger partial charge in [-0.15, -0.1) is 11.3 Å². The molecule has 1 amide bonds. The van der Waals surface area contributed by atoms with Crippen LogP contribution in [0, 0.1) is 0 Å². The molecule has 0 fully saturated rings. The largest absolute Gasteiger partial charge is 0.497 e. The molecule has 0 bridgehead atoms. The Morgan fingerprint density at radius 2 is 1.68 bits per heavy atom. The van der Waals surface area contributed by atoms with Gasteiger partial charge in [-0.25, -0.2) is 9.36 Å². The highest BCUT2D eigenvalue weighted by atomic mass is 32.1. The summed E-state index contributed by atoms with van der Waals surface area (Å²) in [6.07, 6.45) is 0. The van der Waals surface area contributed by atoms with Gasteiger partial charge >= 0.3 is 5.69 Å². The number of thiophene rings is 1. The van der Waals surface area contributed by atoms with E-state index in [-0.39, 0.29) is 6.54 Å². The van der Waals surface area contributed by atoms with Gasteiger partial charge in [0.15, 0.2) is 0 Å².